The predicted molar refractivity (Wildman–Crippen MR) is 71.0 cm³/mol. The first-order chi connectivity index (χ1) is 7.07. The number of thioether (sulfide) groups is 1. The molecule has 0 aromatic heterocycles. The Kier molecular flexibility index (Phi) is 4.09. The molecule has 1 aliphatic heterocycles. The number of nitrogens with one attached hydrogen (secondary N) is 1. The number of benzene rings is 1. The second-order valence-electron chi connectivity index (χ2n) is 4.21. The summed E-state index contributed by atoms with van der Waals surface area (Å²) in [5.41, 5.74) is 2.63. The van der Waals surface area contributed by atoms with Gasteiger partial charge in [-0.15, -0.1) is 11.8 Å². The highest BCUT2D eigenvalue weighted by Crippen LogP contribution is 2.41. The van der Waals surface area contributed by atoms with Crippen molar-refractivity contribution in [3.05, 3.63) is 23.8 Å². The zero-order chi connectivity index (χ0) is 11.5. The van der Waals surface area contributed by atoms with Gasteiger partial charge in [0.05, 0.1) is 0 Å². The molecule has 1 aromatic carbocycles. The molecule has 1 aromatic rings. The highest BCUT2D eigenvalue weighted by molar-refractivity contribution is 8.00. The summed E-state index contributed by atoms with van der Waals surface area (Å²) in [4.78, 5) is 1.39. The van der Waals surface area contributed by atoms with Crippen LogP contribution in [0.2, 0.25) is 0 Å². The summed E-state index contributed by atoms with van der Waals surface area (Å²) in [6, 6.07) is 6.59. The summed E-state index contributed by atoms with van der Waals surface area (Å²) >= 11 is 1.97. The molecule has 84 valence electrons. The summed E-state index contributed by atoms with van der Waals surface area (Å²) in [5, 5.41) is 3.46. The third-order valence-corrected chi connectivity index (χ3v) is 3.48. The van der Waals surface area contributed by atoms with Gasteiger partial charge in [0, 0.05) is 21.9 Å². The Bertz CT molecular complexity index is 331. The highest BCUT2D eigenvalue weighted by atomic mass is 32.2. The molecule has 1 N–H and O–H groups in total. The molecule has 1 nitrogen and oxygen atoms in total. The Morgan fingerprint density at radius 1 is 1.27 bits per heavy atom. The SMILES string of the molecule is CC.Cc1ccc2c(c1)SC(C)(C)CN2. The topological polar surface area (TPSA) is 12.0 Å². The Balaban J connectivity index is 0.000000531. The van der Waals surface area contributed by atoms with E-state index in [0.717, 1.165) is 6.54 Å². The van der Waals surface area contributed by atoms with Crippen molar-refractivity contribution in [2.24, 2.45) is 0 Å². The molecule has 1 heterocycles. The van der Waals surface area contributed by atoms with Gasteiger partial charge in [0.2, 0.25) is 0 Å². The monoisotopic (exact) mass is 223 g/mol. The maximum atomic E-state index is 3.46. The fraction of sp³-hybridized carbons (Fsp3) is 0.538. The zero-order valence-corrected chi connectivity index (χ0v) is 11.2. The molecule has 1 aliphatic rings. The summed E-state index contributed by atoms with van der Waals surface area (Å²) in [6.45, 7) is 11.7. The molecular weight excluding hydrogens is 202 g/mol. The minimum Gasteiger partial charge on any atom is -0.383 e. The Hall–Kier alpha value is -0.630. The van der Waals surface area contributed by atoms with Gasteiger partial charge in [0.1, 0.15) is 0 Å². The average molecular weight is 223 g/mol. The number of hydrogen-bond acceptors (Lipinski definition) is 2. The summed E-state index contributed by atoms with van der Waals surface area (Å²) < 4.78 is 0.320. The average Bonchev–Trinajstić information content (AvgIpc) is 2.19. The summed E-state index contributed by atoms with van der Waals surface area (Å²) in [6.07, 6.45) is 0. The van der Waals surface area contributed by atoms with Crippen LogP contribution >= 0.6 is 11.8 Å². The van der Waals surface area contributed by atoms with E-state index in [-0.39, 0.29) is 0 Å². The standard InChI is InChI=1S/C11H15NS.C2H6/c1-8-4-5-9-10(6-8)13-11(2,3)7-12-9;1-2/h4-6,12H,7H2,1-3H3;1-2H3. The quantitative estimate of drug-likeness (QED) is 0.703. The van der Waals surface area contributed by atoms with Gasteiger partial charge in [-0.1, -0.05) is 19.9 Å². The largest absolute Gasteiger partial charge is 0.383 e. The minimum absolute atomic E-state index is 0.320. The van der Waals surface area contributed by atoms with E-state index < -0.39 is 0 Å². The number of rotatable bonds is 0. The van der Waals surface area contributed by atoms with Crippen molar-refractivity contribution in [1.82, 2.24) is 0 Å². The fourth-order valence-corrected chi connectivity index (χ4v) is 2.74. The van der Waals surface area contributed by atoms with Crippen molar-refractivity contribution in [3.63, 3.8) is 0 Å². The van der Waals surface area contributed by atoms with Crippen LogP contribution in [-0.4, -0.2) is 11.3 Å². The van der Waals surface area contributed by atoms with Crippen LogP contribution in [-0.2, 0) is 0 Å². The van der Waals surface area contributed by atoms with E-state index in [1.807, 2.05) is 25.6 Å². The van der Waals surface area contributed by atoms with Crippen LogP contribution in [0.15, 0.2) is 23.1 Å². The van der Waals surface area contributed by atoms with Crippen molar-refractivity contribution in [2.75, 3.05) is 11.9 Å². The van der Waals surface area contributed by atoms with Crippen molar-refractivity contribution in [2.45, 2.75) is 44.3 Å². The van der Waals surface area contributed by atoms with Crippen LogP contribution in [0.25, 0.3) is 0 Å². The van der Waals surface area contributed by atoms with E-state index in [9.17, 15) is 0 Å². The van der Waals surface area contributed by atoms with Crippen LogP contribution in [0.5, 0.6) is 0 Å². The highest BCUT2D eigenvalue weighted by Gasteiger charge is 2.25. The van der Waals surface area contributed by atoms with Gasteiger partial charge in [-0.25, -0.2) is 0 Å². The van der Waals surface area contributed by atoms with Crippen molar-refractivity contribution in [3.8, 4) is 0 Å². The number of anilines is 1. The van der Waals surface area contributed by atoms with E-state index in [2.05, 4.69) is 44.3 Å². The lowest BCUT2D eigenvalue weighted by Gasteiger charge is -2.31. The van der Waals surface area contributed by atoms with Crippen LogP contribution in [0.3, 0.4) is 0 Å². The normalized spacial score (nSPS) is 16.9. The van der Waals surface area contributed by atoms with E-state index in [4.69, 9.17) is 0 Å². The molecule has 0 bridgehead atoms. The summed E-state index contributed by atoms with van der Waals surface area (Å²) in [5.74, 6) is 0. The van der Waals surface area contributed by atoms with E-state index >= 15 is 0 Å². The Labute approximate surface area is 97.7 Å². The molecule has 0 radical (unpaired) electrons. The van der Waals surface area contributed by atoms with Gasteiger partial charge in [-0.2, -0.15) is 0 Å². The summed E-state index contributed by atoms with van der Waals surface area (Å²) in [7, 11) is 0. The molecule has 0 spiro atoms. The van der Waals surface area contributed by atoms with Gasteiger partial charge in [-0.3, -0.25) is 0 Å². The molecule has 2 rings (SSSR count). The maximum Gasteiger partial charge on any atom is 0.0479 e. The van der Waals surface area contributed by atoms with Gasteiger partial charge in [0.15, 0.2) is 0 Å². The third-order valence-electron chi connectivity index (χ3n) is 2.23. The molecule has 0 atom stereocenters. The maximum absolute atomic E-state index is 3.46. The third kappa shape index (κ3) is 3.16. The van der Waals surface area contributed by atoms with Crippen LogP contribution in [0.1, 0.15) is 33.3 Å². The van der Waals surface area contributed by atoms with Crippen LogP contribution < -0.4 is 5.32 Å². The number of fused-ring (bicyclic) bond motifs is 1. The molecule has 15 heavy (non-hydrogen) atoms. The lowest BCUT2D eigenvalue weighted by atomic mass is 10.1. The van der Waals surface area contributed by atoms with Gasteiger partial charge >= 0.3 is 0 Å². The van der Waals surface area contributed by atoms with E-state index in [1.165, 1.54) is 16.1 Å². The first-order valence-electron chi connectivity index (χ1n) is 5.60. The number of hydrogen-bond donors (Lipinski definition) is 1. The molecular formula is C13H21NS. The van der Waals surface area contributed by atoms with Gasteiger partial charge < -0.3 is 5.32 Å². The first-order valence-corrected chi connectivity index (χ1v) is 6.42. The molecule has 0 unspecified atom stereocenters. The van der Waals surface area contributed by atoms with Crippen LogP contribution in [0.4, 0.5) is 5.69 Å². The molecule has 0 saturated heterocycles. The smallest absolute Gasteiger partial charge is 0.0479 e. The van der Waals surface area contributed by atoms with E-state index in [0.29, 0.717) is 4.75 Å². The predicted octanol–water partition coefficient (Wildman–Crippen LogP) is 4.32. The van der Waals surface area contributed by atoms with Crippen molar-refractivity contribution >= 4 is 17.4 Å². The molecule has 2 heteroatoms. The van der Waals surface area contributed by atoms with Crippen LogP contribution in [0, 0.1) is 6.92 Å². The first kappa shape index (κ1) is 12.4. The van der Waals surface area contributed by atoms with Gasteiger partial charge in [-0.05, 0) is 38.5 Å². The number of aryl methyl sites for hydroxylation is 1. The fourth-order valence-electron chi connectivity index (χ4n) is 1.50. The van der Waals surface area contributed by atoms with Crippen molar-refractivity contribution in [1.29, 1.82) is 0 Å². The molecule has 0 fully saturated rings. The van der Waals surface area contributed by atoms with Crippen molar-refractivity contribution < 1.29 is 0 Å². The molecule has 0 aliphatic carbocycles. The Morgan fingerprint density at radius 2 is 1.93 bits per heavy atom. The van der Waals surface area contributed by atoms with E-state index in [1.54, 1.807) is 0 Å². The second-order valence-corrected chi connectivity index (χ2v) is 5.96. The Morgan fingerprint density at radius 3 is 2.60 bits per heavy atom. The minimum atomic E-state index is 0.320. The molecule has 0 amide bonds. The molecule has 0 saturated carbocycles. The zero-order valence-electron chi connectivity index (χ0n) is 10.3. The lowest BCUT2D eigenvalue weighted by Crippen LogP contribution is -2.29. The lowest BCUT2D eigenvalue weighted by molar-refractivity contribution is 0.739. The van der Waals surface area contributed by atoms with Gasteiger partial charge in [0.25, 0.3) is 0 Å². The second kappa shape index (κ2) is 4.93.